The predicted octanol–water partition coefficient (Wildman–Crippen LogP) is 2.01. The fourth-order valence-corrected chi connectivity index (χ4v) is 3.29. The van der Waals surface area contributed by atoms with Gasteiger partial charge in [-0.3, -0.25) is 9.59 Å². The zero-order valence-corrected chi connectivity index (χ0v) is 18.5. The molecular formula is C21H18N3O3Y-. The van der Waals surface area contributed by atoms with Gasteiger partial charge in [-0.25, -0.2) is 0 Å². The number of likely N-dealkylation sites (N-methyl/N-ethyl adjacent to an activating group) is 1. The number of hydrogen-bond acceptors (Lipinski definition) is 3. The molecule has 0 unspecified atom stereocenters. The van der Waals surface area contributed by atoms with E-state index in [2.05, 4.69) is 11.4 Å². The first-order valence-electron chi connectivity index (χ1n) is 8.63. The van der Waals surface area contributed by atoms with Crippen LogP contribution in [0.25, 0.3) is 10.9 Å². The van der Waals surface area contributed by atoms with Crippen molar-refractivity contribution in [2.45, 2.75) is 20.0 Å². The van der Waals surface area contributed by atoms with E-state index < -0.39 is 5.91 Å². The molecule has 0 atom stereocenters. The van der Waals surface area contributed by atoms with Gasteiger partial charge in [0.05, 0.1) is 12.1 Å². The van der Waals surface area contributed by atoms with Crippen molar-refractivity contribution in [2.24, 2.45) is 0 Å². The third-order valence-electron chi connectivity index (χ3n) is 4.87. The van der Waals surface area contributed by atoms with Gasteiger partial charge in [0, 0.05) is 52.5 Å². The fourth-order valence-electron chi connectivity index (χ4n) is 3.29. The Morgan fingerprint density at radius 1 is 1.18 bits per heavy atom. The van der Waals surface area contributed by atoms with Crippen LogP contribution in [0.15, 0.2) is 47.4 Å². The van der Waals surface area contributed by atoms with Gasteiger partial charge >= 0.3 is 0 Å². The summed E-state index contributed by atoms with van der Waals surface area (Å²) in [6.45, 7) is 2.40. The van der Waals surface area contributed by atoms with Crippen molar-refractivity contribution in [3.63, 3.8) is 0 Å². The van der Waals surface area contributed by atoms with E-state index in [-0.39, 0.29) is 56.2 Å². The number of anilines is 1. The average Bonchev–Trinajstić information content (AvgIpc) is 2.67. The van der Waals surface area contributed by atoms with Crippen molar-refractivity contribution in [3.05, 3.63) is 75.6 Å². The minimum Gasteiger partial charge on any atom is -0.365 e. The number of amides is 2. The number of carbonyl (C=O) groups is 2. The SMILES string of the molecule is Cc1ccc(CNC(=O)c2cn3c4c(c[c-]cc4c2=O)N(C)C(=O)C3)cc1.[Y]. The smallest absolute Gasteiger partial charge is 0.255 e. The number of benzene rings is 2. The number of aryl methyl sites for hydroxylation is 1. The molecule has 2 amide bonds. The van der Waals surface area contributed by atoms with Crippen molar-refractivity contribution in [1.82, 2.24) is 9.88 Å². The fraction of sp³-hybridized carbons (Fsp3) is 0.190. The van der Waals surface area contributed by atoms with E-state index in [1.54, 1.807) is 23.7 Å². The van der Waals surface area contributed by atoms with Gasteiger partial charge in [0.15, 0.2) is 0 Å². The van der Waals surface area contributed by atoms with E-state index in [9.17, 15) is 14.4 Å². The molecule has 1 radical (unpaired) electrons. The van der Waals surface area contributed by atoms with Gasteiger partial charge in [-0.2, -0.15) is 18.2 Å². The summed E-state index contributed by atoms with van der Waals surface area (Å²) in [5.41, 5.74) is 3.02. The van der Waals surface area contributed by atoms with E-state index >= 15 is 0 Å². The minimum absolute atomic E-state index is 0. The third-order valence-corrected chi connectivity index (χ3v) is 4.87. The first-order valence-corrected chi connectivity index (χ1v) is 8.63. The molecule has 0 saturated carbocycles. The Morgan fingerprint density at radius 2 is 1.89 bits per heavy atom. The van der Waals surface area contributed by atoms with Gasteiger partial charge < -0.3 is 19.6 Å². The number of aromatic nitrogens is 1. The van der Waals surface area contributed by atoms with E-state index in [0.717, 1.165) is 11.1 Å². The molecule has 1 N–H and O–H groups in total. The topological polar surface area (TPSA) is 71.4 Å². The first-order chi connectivity index (χ1) is 13.0. The Morgan fingerprint density at radius 3 is 2.61 bits per heavy atom. The molecule has 0 saturated heterocycles. The third kappa shape index (κ3) is 3.54. The van der Waals surface area contributed by atoms with Crippen molar-refractivity contribution in [1.29, 1.82) is 0 Å². The van der Waals surface area contributed by atoms with Crippen LogP contribution >= 0.6 is 0 Å². The Bertz CT molecular complexity index is 1140. The molecule has 1 aliphatic rings. The van der Waals surface area contributed by atoms with Crippen molar-refractivity contribution >= 4 is 28.4 Å². The van der Waals surface area contributed by atoms with Gasteiger partial charge in [-0.15, -0.1) is 0 Å². The normalized spacial score (nSPS) is 12.6. The average molecular weight is 449 g/mol. The Labute approximate surface area is 187 Å². The zero-order valence-electron chi connectivity index (χ0n) is 15.7. The Balaban J connectivity index is 0.00000225. The summed E-state index contributed by atoms with van der Waals surface area (Å²) in [6, 6.07) is 13.9. The van der Waals surface area contributed by atoms with E-state index in [1.165, 1.54) is 11.1 Å². The maximum Gasteiger partial charge on any atom is 0.255 e. The van der Waals surface area contributed by atoms with E-state index in [1.807, 2.05) is 31.2 Å². The maximum absolute atomic E-state index is 12.9. The monoisotopic (exact) mass is 449 g/mol. The van der Waals surface area contributed by atoms with Gasteiger partial charge in [0.25, 0.3) is 5.91 Å². The molecule has 7 heteroatoms. The van der Waals surface area contributed by atoms with Gasteiger partial charge in [0.2, 0.25) is 5.91 Å². The molecule has 0 spiro atoms. The molecule has 0 bridgehead atoms. The molecule has 2 heterocycles. The maximum atomic E-state index is 12.9. The molecule has 0 aliphatic carbocycles. The quantitative estimate of drug-likeness (QED) is 0.623. The number of hydrogen-bond donors (Lipinski definition) is 1. The van der Waals surface area contributed by atoms with Crippen LogP contribution < -0.4 is 15.6 Å². The Hall–Kier alpha value is -2.31. The summed E-state index contributed by atoms with van der Waals surface area (Å²) >= 11 is 0. The van der Waals surface area contributed by atoms with Crippen LogP contribution in [0.2, 0.25) is 0 Å². The summed E-state index contributed by atoms with van der Waals surface area (Å²) in [6.07, 6.45) is 1.48. The van der Waals surface area contributed by atoms with Crippen molar-refractivity contribution < 1.29 is 42.3 Å². The summed E-state index contributed by atoms with van der Waals surface area (Å²) < 4.78 is 1.67. The number of carbonyl (C=O) groups excluding carboxylic acids is 2. The van der Waals surface area contributed by atoms with E-state index in [0.29, 0.717) is 23.1 Å². The minimum atomic E-state index is -0.456. The molecule has 139 valence electrons. The number of nitrogens with one attached hydrogen (secondary N) is 1. The van der Waals surface area contributed by atoms with Gasteiger partial charge in [-0.05, 0) is 23.7 Å². The van der Waals surface area contributed by atoms with Crippen molar-refractivity contribution in [2.75, 3.05) is 11.9 Å². The molecule has 3 aromatic rings. The van der Waals surface area contributed by atoms with E-state index in [4.69, 9.17) is 0 Å². The van der Waals surface area contributed by atoms with Crippen LogP contribution in [0.1, 0.15) is 21.5 Å². The summed E-state index contributed by atoms with van der Waals surface area (Å²) in [7, 11) is 1.67. The number of pyridine rings is 1. The molecule has 6 nitrogen and oxygen atoms in total. The molecule has 4 rings (SSSR count). The zero-order chi connectivity index (χ0) is 19.1. The summed E-state index contributed by atoms with van der Waals surface area (Å²) in [4.78, 5) is 39.2. The number of rotatable bonds is 3. The summed E-state index contributed by atoms with van der Waals surface area (Å²) in [5, 5.41) is 3.17. The Kier molecular flexibility index (Phi) is 5.82. The second-order valence-electron chi connectivity index (χ2n) is 6.72. The molecule has 2 aromatic carbocycles. The second kappa shape index (κ2) is 7.97. The molecule has 1 aliphatic heterocycles. The van der Waals surface area contributed by atoms with Gasteiger partial charge in [-0.1, -0.05) is 35.2 Å². The van der Waals surface area contributed by atoms with Crippen LogP contribution in [-0.4, -0.2) is 23.4 Å². The first kappa shape index (κ1) is 20.4. The molecule has 28 heavy (non-hydrogen) atoms. The van der Waals surface area contributed by atoms with Crippen LogP contribution in [0.4, 0.5) is 5.69 Å². The molecule has 0 fully saturated rings. The van der Waals surface area contributed by atoms with Crippen molar-refractivity contribution in [3.8, 4) is 0 Å². The van der Waals surface area contributed by atoms with Crippen LogP contribution in [0.3, 0.4) is 0 Å². The van der Waals surface area contributed by atoms with Crippen LogP contribution in [0, 0.1) is 13.0 Å². The summed E-state index contributed by atoms with van der Waals surface area (Å²) in [5.74, 6) is -0.568. The molecular weight excluding hydrogens is 431 g/mol. The standard InChI is InChI=1S/C21H18N3O3.Y/c1-13-6-8-14(9-7-13)10-22-21(27)16-11-24-12-18(25)23(2)17-5-3-4-15(19(17)24)20(16)26;/h4-9,11H,10,12H2,1-2H3,(H,22,27);/q-1;. The second-order valence-corrected chi connectivity index (χ2v) is 6.72. The largest absolute Gasteiger partial charge is 0.365 e. The van der Waals surface area contributed by atoms with Crippen LogP contribution in [-0.2, 0) is 50.6 Å². The predicted molar refractivity (Wildman–Crippen MR) is 103 cm³/mol. The van der Waals surface area contributed by atoms with Gasteiger partial charge in [0.1, 0.15) is 5.43 Å². The number of nitrogens with zero attached hydrogens (tertiary/aromatic N) is 2. The molecule has 1 aromatic heterocycles. The van der Waals surface area contributed by atoms with Crippen LogP contribution in [0.5, 0.6) is 0 Å².